The van der Waals surface area contributed by atoms with E-state index < -0.39 is 5.97 Å². The molecule has 1 atom stereocenters. The van der Waals surface area contributed by atoms with Crippen molar-refractivity contribution >= 4 is 22.4 Å². The Bertz CT molecular complexity index is 613. The van der Waals surface area contributed by atoms with E-state index in [-0.39, 0.29) is 6.04 Å². The van der Waals surface area contributed by atoms with Gasteiger partial charge >= 0.3 is 5.97 Å². The van der Waals surface area contributed by atoms with Crippen LogP contribution >= 0.6 is 11.3 Å². The summed E-state index contributed by atoms with van der Waals surface area (Å²) in [5, 5.41) is 7.88. The zero-order chi connectivity index (χ0) is 14.9. The maximum Gasteiger partial charge on any atom is 0.357 e. The lowest BCUT2D eigenvalue weighted by Gasteiger charge is -2.12. The van der Waals surface area contributed by atoms with Crippen LogP contribution < -0.4 is 5.32 Å². The molecule has 1 N–H and O–H groups in total. The number of aromatic nitrogens is 2. The number of ether oxygens (including phenoxy) is 1. The minimum Gasteiger partial charge on any atom is -0.464 e. The minimum absolute atomic E-state index is 0.00250. The van der Waals surface area contributed by atoms with Gasteiger partial charge in [-0.15, -0.1) is 11.3 Å². The van der Waals surface area contributed by atoms with E-state index >= 15 is 0 Å². The number of hydrogen-bond donors (Lipinski definition) is 1. The fourth-order valence-electron chi connectivity index (χ4n) is 2.11. The van der Waals surface area contributed by atoms with Gasteiger partial charge in [-0.2, -0.15) is 0 Å². The molecule has 0 spiro atoms. The molecule has 20 heavy (non-hydrogen) atoms. The molecule has 7 heteroatoms. The van der Waals surface area contributed by atoms with Crippen molar-refractivity contribution < 1.29 is 14.1 Å². The maximum absolute atomic E-state index is 11.5. The molecule has 2 heterocycles. The fourth-order valence-corrected chi connectivity index (χ4v) is 3.00. The first-order valence-corrected chi connectivity index (χ1v) is 7.00. The molecular weight excluding hydrogens is 278 g/mol. The first kappa shape index (κ1) is 14.5. The lowest BCUT2D eigenvalue weighted by molar-refractivity contribution is 0.0594. The van der Waals surface area contributed by atoms with Gasteiger partial charge in [-0.25, -0.2) is 9.78 Å². The SMILES string of the molecule is COC(=O)c1nc(NC(C)c2c(C)noc2C)sc1C. The van der Waals surface area contributed by atoms with E-state index in [0.717, 1.165) is 21.9 Å². The number of carbonyl (C=O) groups is 1. The summed E-state index contributed by atoms with van der Waals surface area (Å²) in [6.45, 7) is 7.62. The second kappa shape index (κ2) is 5.62. The van der Waals surface area contributed by atoms with Crippen LogP contribution in [0.5, 0.6) is 0 Å². The Hall–Kier alpha value is -1.89. The molecule has 0 aliphatic heterocycles. The lowest BCUT2D eigenvalue weighted by atomic mass is 10.1. The Morgan fingerprint density at radius 1 is 1.40 bits per heavy atom. The van der Waals surface area contributed by atoms with Gasteiger partial charge in [-0.05, 0) is 27.7 Å². The van der Waals surface area contributed by atoms with Crippen LogP contribution in [-0.4, -0.2) is 23.2 Å². The second-order valence-electron chi connectivity index (χ2n) is 4.52. The number of thiazole rings is 1. The maximum atomic E-state index is 11.5. The van der Waals surface area contributed by atoms with Crippen LogP contribution in [0.25, 0.3) is 0 Å². The molecule has 0 amide bonds. The van der Waals surface area contributed by atoms with E-state index in [1.807, 2.05) is 27.7 Å². The van der Waals surface area contributed by atoms with Crippen molar-refractivity contribution in [1.29, 1.82) is 0 Å². The van der Waals surface area contributed by atoms with Crippen LogP contribution in [0, 0.1) is 20.8 Å². The number of aryl methyl sites for hydroxylation is 3. The smallest absolute Gasteiger partial charge is 0.357 e. The van der Waals surface area contributed by atoms with Crippen molar-refractivity contribution in [3.63, 3.8) is 0 Å². The molecule has 0 aliphatic rings. The molecule has 0 aromatic carbocycles. The number of nitrogens with zero attached hydrogens (tertiary/aromatic N) is 2. The van der Waals surface area contributed by atoms with Crippen LogP contribution in [0.15, 0.2) is 4.52 Å². The quantitative estimate of drug-likeness (QED) is 0.874. The number of carbonyl (C=O) groups excluding carboxylic acids is 1. The van der Waals surface area contributed by atoms with Crippen molar-refractivity contribution in [2.75, 3.05) is 12.4 Å². The number of esters is 1. The van der Waals surface area contributed by atoms with E-state index in [2.05, 4.69) is 15.5 Å². The molecule has 0 saturated carbocycles. The largest absolute Gasteiger partial charge is 0.464 e. The monoisotopic (exact) mass is 295 g/mol. The minimum atomic E-state index is -0.420. The van der Waals surface area contributed by atoms with Crippen molar-refractivity contribution in [3.8, 4) is 0 Å². The number of anilines is 1. The second-order valence-corrected chi connectivity index (χ2v) is 5.72. The van der Waals surface area contributed by atoms with E-state index in [9.17, 15) is 4.79 Å². The predicted octanol–water partition coefficient (Wildman–Crippen LogP) is 3.02. The molecule has 1 unspecified atom stereocenters. The summed E-state index contributed by atoms with van der Waals surface area (Å²) < 4.78 is 9.86. The van der Waals surface area contributed by atoms with Gasteiger partial charge in [0, 0.05) is 10.4 Å². The highest BCUT2D eigenvalue weighted by Gasteiger charge is 2.20. The number of hydrogen-bond acceptors (Lipinski definition) is 7. The van der Waals surface area contributed by atoms with Gasteiger partial charge in [0.2, 0.25) is 0 Å². The van der Waals surface area contributed by atoms with Crippen molar-refractivity contribution in [3.05, 3.63) is 27.6 Å². The van der Waals surface area contributed by atoms with Crippen LogP contribution in [-0.2, 0) is 4.74 Å². The summed E-state index contributed by atoms with van der Waals surface area (Å²) in [4.78, 5) is 16.6. The Morgan fingerprint density at radius 3 is 2.65 bits per heavy atom. The molecular formula is C13H17N3O3S. The normalized spacial score (nSPS) is 12.2. The Kier molecular flexibility index (Phi) is 4.08. The molecule has 6 nitrogen and oxygen atoms in total. The summed E-state index contributed by atoms with van der Waals surface area (Å²) in [6.07, 6.45) is 0. The van der Waals surface area contributed by atoms with Crippen molar-refractivity contribution in [1.82, 2.24) is 10.1 Å². The highest BCUT2D eigenvalue weighted by atomic mass is 32.1. The lowest BCUT2D eigenvalue weighted by Crippen LogP contribution is -2.09. The first-order chi connectivity index (χ1) is 9.43. The molecule has 108 valence electrons. The number of rotatable bonds is 4. The Morgan fingerprint density at radius 2 is 2.10 bits per heavy atom. The summed E-state index contributed by atoms with van der Waals surface area (Å²) >= 11 is 1.42. The Labute approximate surface area is 121 Å². The highest BCUT2D eigenvalue weighted by molar-refractivity contribution is 7.15. The molecule has 0 aliphatic carbocycles. The van der Waals surface area contributed by atoms with E-state index in [1.54, 1.807) is 0 Å². The average Bonchev–Trinajstić information content (AvgIpc) is 2.91. The van der Waals surface area contributed by atoms with Gasteiger partial charge in [0.1, 0.15) is 5.76 Å². The van der Waals surface area contributed by atoms with Crippen LogP contribution in [0.2, 0.25) is 0 Å². The molecule has 0 radical (unpaired) electrons. The summed E-state index contributed by atoms with van der Waals surface area (Å²) in [5.74, 6) is 0.362. The third-order valence-corrected chi connectivity index (χ3v) is 3.94. The van der Waals surface area contributed by atoms with Crippen LogP contribution in [0.1, 0.15) is 45.3 Å². The summed E-state index contributed by atoms with van der Waals surface area (Å²) in [7, 11) is 1.35. The zero-order valence-corrected chi connectivity index (χ0v) is 12.9. The van der Waals surface area contributed by atoms with Crippen molar-refractivity contribution in [2.45, 2.75) is 33.7 Å². The van der Waals surface area contributed by atoms with Gasteiger partial charge < -0.3 is 14.6 Å². The van der Waals surface area contributed by atoms with Gasteiger partial charge in [-0.3, -0.25) is 0 Å². The third kappa shape index (κ3) is 2.67. The van der Waals surface area contributed by atoms with E-state index in [0.29, 0.717) is 10.8 Å². The molecule has 2 aromatic heterocycles. The Balaban J connectivity index is 2.20. The standard InChI is InChI=1S/C13H17N3O3S/c1-6(10-7(2)16-19-8(10)3)14-13-15-11(9(4)20-13)12(17)18-5/h6H,1-5H3,(H,14,15). The van der Waals surface area contributed by atoms with Crippen molar-refractivity contribution in [2.24, 2.45) is 0 Å². The highest BCUT2D eigenvalue weighted by Crippen LogP contribution is 2.29. The molecule has 2 rings (SSSR count). The van der Waals surface area contributed by atoms with Gasteiger partial charge in [0.25, 0.3) is 0 Å². The third-order valence-electron chi connectivity index (χ3n) is 3.04. The zero-order valence-electron chi connectivity index (χ0n) is 12.1. The molecule has 0 bridgehead atoms. The number of methoxy groups -OCH3 is 1. The average molecular weight is 295 g/mol. The summed E-state index contributed by atoms with van der Waals surface area (Å²) in [5.41, 5.74) is 2.22. The number of nitrogens with one attached hydrogen (secondary N) is 1. The molecule has 0 fully saturated rings. The first-order valence-electron chi connectivity index (χ1n) is 6.19. The summed E-state index contributed by atoms with van der Waals surface area (Å²) in [6, 6.07) is -0.00250. The van der Waals surface area contributed by atoms with Crippen LogP contribution in [0.4, 0.5) is 5.13 Å². The van der Waals surface area contributed by atoms with Gasteiger partial charge in [0.15, 0.2) is 10.8 Å². The van der Waals surface area contributed by atoms with Crippen LogP contribution in [0.3, 0.4) is 0 Å². The fraction of sp³-hybridized carbons (Fsp3) is 0.462. The predicted molar refractivity (Wildman–Crippen MR) is 76.2 cm³/mol. The molecule has 0 saturated heterocycles. The van der Waals surface area contributed by atoms with Gasteiger partial charge in [0.05, 0.1) is 18.8 Å². The van der Waals surface area contributed by atoms with E-state index in [4.69, 9.17) is 9.26 Å². The topological polar surface area (TPSA) is 77.2 Å². The van der Waals surface area contributed by atoms with Gasteiger partial charge in [-0.1, -0.05) is 5.16 Å². The molecule has 2 aromatic rings. The van der Waals surface area contributed by atoms with E-state index in [1.165, 1.54) is 18.4 Å².